The summed E-state index contributed by atoms with van der Waals surface area (Å²) in [6, 6.07) is 3.66. The summed E-state index contributed by atoms with van der Waals surface area (Å²) in [6.45, 7) is 7.20. The molecule has 0 aliphatic heterocycles. The number of nitrogens with one attached hydrogen (secondary N) is 2. The summed E-state index contributed by atoms with van der Waals surface area (Å²) >= 11 is 10.3. The average molecular weight is 311 g/mol. The summed E-state index contributed by atoms with van der Waals surface area (Å²) in [5.41, 5.74) is 5.93. The van der Waals surface area contributed by atoms with Crippen LogP contribution in [0.25, 0.3) is 0 Å². The topological polar surface area (TPSA) is 63.2 Å². The minimum Gasteiger partial charge on any atom is -0.443 e. The predicted octanol–water partition coefficient (Wildman–Crippen LogP) is 2.46. The number of hydrogen-bond donors (Lipinski definition) is 2. The highest BCUT2D eigenvalue weighted by Gasteiger charge is 2.16. The Morgan fingerprint density at radius 2 is 1.90 bits per heavy atom. The number of rotatable bonds is 2. The van der Waals surface area contributed by atoms with Crippen LogP contribution < -0.4 is 10.9 Å². The Morgan fingerprint density at radius 3 is 2.40 bits per heavy atom. The number of thiocarbonyl (C=S) groups is 2. The highest BCUT2D eigenvalue weighted by molar-refractivity contribution is 7.89. The maximum atomic E-state index is 11.5. The molecule has 0 saturated carbocycles. The molecule has 0 unspecified atom stereocenters. The summed E-state index contributed by atoms with van der Waals surface area (Å²) in [5.74, 6) is 0. The number of hydrogen-bond acceptors (Lipinski definition) is 5. The van der Waals surface area contributed by atoms with Gasteiger partial charge in [-0.3, -0.25) is 10.4 Å². The predicted molar refractivity (Wildman–Crippen MR) is 85.8 cm³/mol. The van der Waals surface area contributed by atoms with Gasteiger partial charge in [0.05, 0.1) is 4.86 Å². The van der Waals surface area contributed by atoms with Crippen molar-refractivity contribution < 1.29 is 9.53 Å². The molecule has 0 aromatic carbocycles. The number of ether oxygens (including phenoxy) is 1. The number of carbonyl (C=O) groups is 1. The van der Waals surface area contributed by atoms with E-state index in [9.17, 15) is 4.79 Å². The molecule has 0 fully saturated rings. The fourth-order valence-corrected chi connectivity index (χ4v) is 1.54. The third kappa shape index (κ3) is 5.58. The molecule has 0 saturated heterocycles. The Kier molecular flexibility index (Phi) is 5.52. The van der Waals surface area contributed by atoms with Crippen LogP contribution in [0.1, 0.15) is 32.0 Å². The molecule has 7 heteroatoms. The molecule has 0 atom stereocenters. The summed E-state index contributed by atoms with van der Waals surface area (Å²) in [7, 11) is 0. The smallest absolute Gasteiger partial charge is 0.426 e. The molecule has 108 valence electrons. The summed E-state index contributed by atoms with van der Waals surface area (Å²) in [5, 5.41) is 0. The number of aryl methyl sites for hydroxylation is 1. The van der Waals surface area contributed by atoms with Gasteiger partial charge < -0.3 is 4.74 Å². The van der Waals surface area contributed by atoms with Crippen molar-refractivity contribution >= 4 is 40.4 Å². The van der Waals surface area contributed by atoms with Crippen LogP contribution in [0, 0.1) is 6.92 Å². The number of carbonyl (C=O) groups excluding carboxylic acids is 1. The maximum absolute atomic E-state index is 11.5. The lowest BCUT2D eigenvalue weighted by Gasteiger charge is -2.20. The largest absolute Gasteiger partial charge is 0.443 e. The minimum atomic E-state index is -0.621. The van der Waals surface area contributed by atoms with Crippen molar-refractivity contribution in [3.63, 3.8) is 0 Å². The van der Waals surface area contributed by atoms with Crippen LogP contribution in [0.4, 0.5) is 4.79 Å². The molecule has 1 aromatic rings. The minimum absolute atomic E-state index is 0.233. The molecule has 5 nitrogen and oxygen atoms in total. The molecular weight excluding hydrogens is 294 g/mol. The molecule has 1 aromatic heterocycles. The van der Waals surface area contributed by atoms with Gasteiger partial charge in [-0.1, -0.05) is 30.5 Å². The molecule has 1 rings (SSSR count). The fourth-order valence-electron chi connectivity index (χ4n) is 1.20. The average Bonchev–Trinajstić information content (AvgIpc) is 2.34. The van der Waals surface area contributed by atoms with Crippen LogP contribution in [0.3, 0.4) is 0 Å². The second kappa shape index (κ2) is 6.71. The highest BCUT2D eigenvalue weighted by atomic mass is 32.1. The van der Waals surface area contributed by atoms with E-state index in [1.165, 1.54) is 0 Å². The maximum Gasteiger partial charge on any atom is 0.426 e. The van der Waals surface area contributed by atoms with Crippen LogP contribution >= 0.6 is 24.4 Å². The van der Waals surface area contributed by atoms with Gasteiger partial charge in [0.15, 0.2) is 0 Å². The fraction of sp³-hybridized carbons (Fsp3) is 0.385. The van der Waals surface area contributed by atoms with Crippen LogP contribution in [0.15, 0.2) is 18.3 Å². The molecule has 0 aliphatic rings. The standard InChI is InChI=1S/C13H17N3O2S2/c1-8-5-6-9(7-14-8)10(19)11(20)15-16-12(17)18-13(2,3)4/h5-7H,1-4H3,(H,15,20)(H,16,17). The van der Waals surface area contributed by atoms with Crippen LogP contribution in [0.5, 0.6) is 0 Å². The van der Waals surface area contributed by atoms with E-state index in [0.717, 1.165) is 5.69 Å². The molecule has 0 spiro atoms. The van der Waals surface area contributed by atoms with Crippen molar-refractivity contribution in [2.24, 2.45) is 0 Å². The van der Waals surface area contributed by atoms with E-state index in [1.54, 1.807) is 27.0 Å². The number of aromatic nitrogens is 1. The molecule has 2 N–H and O–H groups in total. The molecule has 0 bridgehead atoms. The van der Waals surface area contributed by atoms with Gasteiger partial charge in [-0.15, -0.1) is 0 Å². The first-order chi connectivity index (χ1) is 9.19. The summed E-state index contributed by atoms with van der Waals surface area (Å²) in [4.78, 5) is 16.2. The van der Waals surface area contributed by atoms with Gasteiger partial charge >= 0.3 is 6.09 Å². The van der Waals surface area contributed by atoms with Gasteiger partial charge in [0, 0.05) is 17.5 Å². The van der Waals surface area contributed by atoms with Crippen LogP contribution in [-0.2, 0) is 4.74 Å². The van der Waals surface area contributed by atoms with Gasteiger partial charge in [-0.25, -0.2) is 10.2 Å². The van der Waals surface area contributed by atoms with Crippen molar-refractivity contribution in [1.29, 1.82) is 0 Å². The zero-order valence-electron chi connectivity index (χ0n) is 11.8. The summed E-state index contributed by atoms with van der Waals surface area (Å²) < 4.78 is 5.06. The van der Waals surface area contributed by atoms with Gasteiger partial charge in [0.2, 0.25) is 0 Å². The van der Waals surface area contributed by atoms with Crippen LogP contribution in [0.2, 0.25) is 0 Å². The van der Waals surface area contributed by atoms with E-state index in [0.29, 0.717) is 10.4 Å². The lowest BCUT2D eigenvalue weighted by atomic mass is 10.2. The zero-order valence-corrected chi connectivity index (χ0v) is 13.4. The lowest BCUT2D eigenvalue weighted by Crippen LogP contribution is -2.45. The number of nitrogens with zero attached hydrogens (tertiary/aromatic N) is 1. The SMILES string of the molecule is Cc1ccc(C(=S)C(=S)NNC(=O)OC(C)(C)C)cn1. The van der Waals surface area contributed by atoms with E-state index in [-0.39, 0.29) is 4.99 Å². The molecular formula is C13H17N3O2S2. The monoisotopic (exact) mass is 311 g/mol. The van der Waals surface area contributed by atoms with Crippen molar-refractivity contribution in [2.75, 3.05) is 0 Å². The van der Waals surface area contributed by atoms with Crippen molar-refractivity contribution in [1.82, 2.24) is 15.8 Å². The molecule has 0 aliphatic carbocycles. The van der Waals surface area contributed by atoms with E-state index in [1.807, 2.05) is 19.1 Å². The second-order valence-electron chi connectivity index (χ2n) is 5.10. The normalized spacial score (nSPS) is 10.6. The van der Waals surface area contributed by atoms with E-state index < -0.39 is 11.7 Å². The van der Waals surface area contributed by atoms with E-state index in [2.05, 4.69) is 15.8 Å². The first-order valence-electron chi connectivity index (χ1n) is 5.95. The van der Waals surface area contributed by atoms with Gasteiger partial charge in [-0.2, -0.15) is 0 Å². The van der Waals surface area contributed by atoms with Gasteiger partial charge in [0.25, 0.3) is 0 Å². The molecule has 20 heavy (non-hydrogen) atoms. The van der Waals surface area contributed by atoms with Crippen molar-refractivity contribution in [3.8, 4) is 0 Å². The van der Waals surface area contributed by atoms with E-state index >= 15 is 0 Å². The molecule has 0 radical (unpaired) electrons. The second-order valence-corrected chi connectivity index (χ2v) is 5.91. The Hall–Kier alpha value is -1.60. The Balaban J connectivity index is 2.53. The third-order valence-electron chi connectivity index (χ3n) is 2.06. The summed E-state index contributed by atoms with van der Waals surface area (Å²) in [6.07, 6.45) is 1.02. The number of amides is 1. The van der Waals surface area contributed by atoms with Gasteiger partial charge in [-0.05, 0) is 33.8 Å². The number of hydrazine groups is 1. The lowest BCUT2D eigenvalue weighted by molar-refractivity contribution is 0.0514. The zero-order chi connectivity index (χ0) is 15.3. The van der Waals surface area contributed by atoms with Crippen molar-refractivity contribution in [3.05, 3.63) is 29.6 Å². The quantitative estimate of drug-likeness (QED) is 0.497. The first kappa shape index (κ1) is 16.5. The number of pyridine rings is 1. The first-order valence-corrected chi connectivity index (χ1v) is 6.77. The Labute approximate surface area is 129 Å². The van der Waals surface area contributed by atoms with Crippen LogP contribution in [-0.4, -0.2) is 26.5 Å². The Bertz CT molecular complexity index is 521. The third-order valence-corrected chi connectivity index (χ3v) is 2.93. The van der Waals surface area contributed by atoms with Gasteiger partial charge in [0.1, 0.15) is 10.6 Å². The van der Waals surface area contributed by atoms with E-state index in [4.69, 9.17) is 29.2 Å². The highest BCUT2D eigenvalue weighted by Crippen LogP contribution is 2.06. The molecule has 1 heterocycles. The molecule has 1 amide bonds. The Morgan fingerprint density at radius 1 is 1.25 bits per heavy atom. The van der Waals surface area contributed by atoms with Crippen molar-refractivity contribution in [2.45, 2.75) is 33.3 Å².